The fourth-order valence-electron chi connectivity index (χ4n) is 1.41. The molecule has 0 atom stereocenters. The van der Waals surface area contributed by atoms with Gasteiger partial charge >= 0.3 is 6.01 Å². The summed E-state index contributed by atoms with van der Waals surface area (Å²) in [5, 5.41) is 12.1. The van der Waals surface area contributed by atoms with E-state index in [1.807, 2.05) is 0 Å². The molecule has 3 N–H and O–H groups in total. The van der Waals surface area contributed by atoms with Gasteiger partial charge in [0.25, 0.3) is 0 Å². The van der Waals surface area contributed by atoms with E-state index in [0.717, 1.165) is 0 Å². The second-order valence-corrected chi connectivity index (χ2v) is 4.16. The quantitative estimate of drug-likeness (QED) is 0.389. The van der Waals surface area contributed by atoms with Gasteiger partial charge < -0.3 is 15.7 Å². The molecule has 0 amide bonds. The van der Waals surface area contributed by atoms with E-state index in [2.05, 4.69) is 15.1 Å². The van der Waals surface area contributed by atoms with Crippen molar-refractivity contribution in [3.8, 4) is 11.8 Å². The van der Waals surface area contributed by atoms with Gasteiger partial charge in [-0.05, 0) is 31.2 Å². The van der Waals surface area contributed by atoms with E-state index in [9.17, 15) is 0 Å². The molecule has 0 saturated carbocycles. The van der Waals surface area contributed by atoms with Gasteiger partial charge in [-0.25, -0.2) is 4.98 Å². The summed E-state index contributed by atoms with van der Waals surface area (Å²) >= 11 is 5.85. The highest BCUT2D eigenvalue weighted by atomic mass is 35.5. The molecule has 7 heteroatoms. The molecule has 0 radical (unpaired) electrons. The third-order valence-corrected chi connectivity index (χ3v) is 2.44. The highest BCUT2D eigenvalue weighted by Gasteiger charge is 2.08. The number of rotatable bonds is 3. The van der Waals surface area contributed by atoms with E-state index in [4.69, 9.17) is 27.3 Å². The lowest BCUT2D eigenvalue weighted by molar-refractivity contribution is 0.318. The van der Waals surface area contributed by atoms with Gasteiger partial charge in [-0.15, -0.1) is 0 Å². The van der Waals surface area contributed by atoms with Crippen LogP contribution in [-0.4, -0.2) is 21.0 Å². The van der Waals surface area contributed by atoms with Crippen molar-refractivity contribution in [2.24, 2.45) is 10.9 Å². The number of hydrogen-bond acceptors (Lipinski definition) is 5. The van der Waals surface area contributed by atoms with Gasteiger partial charge in [0.2, 0.25) is 0 Å². The lowest BCUT2D eigenvalue weighted by atomic mass is 10.3. The largest absolute Gasteiger partial charge is 0.424 e. The van der Waals surface area contributed by atoms with Crippen LogP contribution in [0.2, 0.25) is 5.02 Å². The first kappa shape index (κ1) is 13.1. The number of ether oxygens (including phenoxy) is 1. The Labute approximate surface area is 114 Å². The van der Waals surface area contributed by atoms with Crippen molar-refractivity contribution in [2.45, 2.75) is 6.92 Å². The molecule has 0 aliphatic heterocycles. The zero-order chi connectivity index (χ0) is 13.8. The number of halogens is 1. The smallest absolute Gasteiger partial charge is 0.322 e. The molecule has 0 unspecified atom stereocenters. The maximum absolute atomic E-state index is 8.64. The summed E-state index contributed by atoms with van der Waals surface area (Å²) in [5.74, 6) is 0.394. The lowest BCUT2D eigenvalue weighted by Crippen LogP contribution is -2.16. The monoisotopic (exact) mass is 278 g/mol. The molecule has 1 heterocycles. The molecule has 98 valence electrons. The number of aromatic nitrogens is 2. The number of nitrogens with zero attached hydrogens (tertiary/aromatic N) is 3. The van der Waals surface area contributed by atoms with Gasteiger partial charge in [0, 0.05) is 10.7 Å². The van der Waals surface area contributed by atoms with E-state index in [1.54, 1.807) is 37.3 Å². The van der Waals surface area contributed by atoms with E-state index < -0.39 is 0 Å². The summed E-state index contributed by atoms with van der Waals surface area (Å²) < 4.78 is 5.48. The SMILES string of the molecule is Cc1cc(/C(N)=N/O)nc(Oc2cccc(Cl)c2)n1. The minimum atomic E-state index is -0.110. The third kappa shape index (κ3) is 3.32. The predicted molar refractivity (Wildman–Crippen MR) is 70.8 cm³/mol. The minimum absolute atomic E-state index is 0.101. The van der Waals surface area contributed by atoms with Crippen LogP contribution in [0.3, 0.4) is 0 Å². The molecule has 2 rings (SSSR count). The van der Waals surface area contributed by atoms with Crippen LogP contribution < -0.4 is 10.5 Å². The molecule has 0 bridgehead atoms. The molecule has 1 aromatic carbocycles. The van der Waals surface area contributed by atoms with Crippen molar-refractivity contribution in [1.29, 1.82) is 0 Å². The van der Waals surface area contributed by atoms with Crippen molar-refractivity contribution >= 4 is 17.4 Å². The van der Waals surface area contributed by atoms with E-state index >= 15 is 0 Å². The number of hydrogen-bond donors (Lipinski definition) is 2. The van der Waals surface area contributed by atoms with Crippen LogP contribution in [0.4, 0.5) is 0 Å². The summed E-state index contributed by atoms with van der Waals surface area (Å²) in [6.45, 7) is 1.75. The fourth-order valence-corrected chi connectivity index (χ4v) is 1.59. The molecule has 19 heavy (non-hydrogen) atoms. The Morgan fingerprint density at radius 2 is 2.16 bits per heavy atom. The van der Waals surface area contributed by atoms with Gasteiger partial charge in [-0.3, -0.25) is 0 Å². The highest BCUT2D eigenvalue weighted by Crippen LogP contribution is 2.21. The Kier molecular flexibility index (Phi) is 3.82. The van der Waals surface area contributed by atoms with Gasteiger partial charge in [-0.1, -0.05) is 22.8 Å². The summed E-state index contributed by atoms with van der Waals surface area (Å²) in [6.07, 6.45) is 0. The number of aryl methyl sites for hydroxylation is 1. The summed E-state index contributed by atoms with van der Waals surface area (Å²) in [5.41, 5.74) is 6.40. The second kappa shape index (κ2) is 5.53. The van der Waals surface area contributed by atoms with Gasteiger partial charge in [-0.2, -0.15) is 4.98 Å². The maximum Gasteiger partial charge on any atom is 0.322 e. The van der Waals surface area contributed by atoms with E-state index in [1.165, 1.54) is 0 Å². The van der Waals surface area contributed by atoms with E-state index in [-0.39, 0.29) is 17.5 Å². The summed E-state index contributed by atoms with van der Waals surface area (Å²) in [4.78, 5) is 8.14. The van der Waals surface area contributed by atoms with Crippen LogP contribution in [-0.2, 0) is 0 Å². The highest BCUT2D eigenvalue weighted by molar-refractivity contribution is 6.30. The van der Waals surface area contributed by atoms with Crippen LogP contribution in [0, 0.1) is 6.92 Å². The molecule has 0 saturated heterocycles. The van der Waals surface area contributed by atoms with Gasteiger partial charge in [0.05, 0.1) is 0 Å². The summed E-state index contributed by atoms with van der Waals surface area (Å²) in [7, 11) is 0. The zero-order valence-corrected chi connectivity index (χ0v) is 10.8. The molecule has 0 fully saturated rings. The van der Waals surface area contributed by atoms with Crippen LogP contribution in [0.25, 0.3) is 0 Å². The summed E-state index contributed by atoms with van der Waals surface area (Å²) in [6, 6.07) is 8.52. The molecule has 0 aliphatic carbocycles. The zero-order valence-electron chi connectivity index (χ0n) is 10.0. The first-order valence-corrected chi connectivity index (χ1v) is 5.73. The molecular formula is C12H11ClN4O2. The number of benzene rings is 1. The average Bonchev–Trinajstić information content (AvgIpc) is 2.37. The lowest BCUT2D eigenvalue weighted by Gasteiger charge is -2.06. The molecule has 6 nitrogen and oxygen atoms in total. The number of nitrogens with two attached hydrogens (primary N) is 1. The Morgan fingerprint density at radius 1 is 1.37 bits per heavy atom. The van der Waals surface area contributed by atoms with E-state index in [0.29, 0.717) is 16.5 Å². The second-order valence-electron chi connectivity index (χ2n) is 3.72. The average molecular weight is 279 g/mol. The van der Waals surface area contributed by atoms with Crippen LogP contribution in [0.15, 0.2) is 35.5 Å². The van der Waals surface area contributed by atoms with Crippen LogP contribution in [0.5, 0.6) is 11.8 Å². The standard InChI is InChI=1S/C12H11ClN4O2/c1-7-5-10(11(14)17-18)16-12(15-7)19-9-4-2-3-8(13)6-9/h2-6,18H,1H3,(H2,14,17). The normalized spacial score (nSPS) is 11.4. The molecule has 1 aromatic heterocycles. The van der Waals surface area contributed by atoms with Crippen molar-refractivity contribution in [1.82, 2.24) is 9.97 Å². The van der Waals surface area contributed by atoms with Gasteiger partial charge in [0.15, 0.2) is 5.84 Å². The van der Waals surface area contributed by atoms with Crippen molar-refractivity contribution < 1.29 is 9.94 Å². The molecular weight excluding hydrogens is 268 g/mol. The van der Waals surface area contributed by atoms with Crippen molar-refractivity contribution in [3.63, 3.8) is 0 Å². The Hall–Kier alpha value is -2.34. The Bertz CT molecular complexity index is 631. The molecule has 2 aromatic rings. The topological polar surface area (TPSA) is 93.6 Å². The van der Waals surface area contributed by atoms with Crippen molar-refractivity contribution in [3.05, 3.63) is 46.7 Å². The van der Waals surface area contributed by atoms with Crippen molar-refractivity contribution in [2.75, 3.05) is 0 Å². The first-order chi connectivity index (χ1) is 9.08. The Morgan fingerprint density at radius 3 is 2.84 bits per heavy atom. The molecule has 0 aliphatic rings. The third-order valence-electron chi connectivity index (χ3n) is 2.21. The fraction of sp³-hybridized carbons (Fsp3) is 0.0833. The number of amidine groups is 1. The Balaban J connectivity index is 2.33. The van der Waals surface area contributed by atoms with Crippen LogP contribution >= 0.6 is 11.6 Å². The predicted octanol–water partition coefficient (Wildman–Crippen LogP) is 2.33. The first-order valence-electron chi connectivity index (χ1n) is 5.35. The minimum Gasteiger partial charge on any atom is -0.424 e. The van der Waals surface area contributed by atoms with Crippen LogP contribution in [0.1, 0.15) is 11.4 Å². The van der Waals surface area contributed by atoms with Gasteiger partial charge in [0.1, 0.15) is 11.4 Å². The maximum atomic E-state index is 8.64. The number of oxime groups is 1. The molecule has 0 spiro atoms.